The first-order valence-electron chi connectivity index (χ1n) is 9.69. The molecule has 1 aromatic carbocycles. The lowest BCUT2D eigenvalue weighted by atomic mass is 10.0. The third-order valence-electron chi connectivity index (χ3n) is 4.52. The second-order valence-corrected chi connectivity index (χ2v) is 8.90. The number of pyridine rings is 1. The van der Waals surface area contributed by atoms with E-state index in [9.17, 15) is 9.67 Å². The van der Waals surface area contributed by atoms with Crippen molar-refractivity contribution in [2.45, 2.75) is 40.7 Å². The van der Waals surface area contributed by atoms with E-state index < -0.39 is 13.6 Å². The number of benzene rings is 1. The maximum atomic E-state index is 13.3. The molecule has 0 spiro atoms. The highest BCUT2D eigenvalue weighted by atomic mass is 31.2. The van der Waals surface area contributed by atoms with Crippen LogP contribution in [0.4, 0.5) is 5.69 Å². The quantitative estimate of drug-likeness (QED) is 0.512. The molecule has 160 valence electrons. The smallest absolute Gasteiger partial charge is 0.333 e. The molecule has 0 aliphatic heterocycles. The number of ether oxygens (including phenoxy) is 1. The first-order chi connectivity index (χ1) is 13.7. The first kappa shape index (κ1) is 23.2. The Hall–Kier alpha value is -2.08. The Balaban J connectivity index is 2.50. The molecule has 0 aliphatic rings. The van der Waals surface area contributed by atoms with Gasteiger partial charge >= 0.3 is 7.60 Å². The zero-order chi connectivity index (χ0) is 21.6. The predicted octanol–water partition coefficient (Wildman–Crippen LogP) is 5.14. The van der Waals surface area contributed by atoms with Crippen molar-refractivity contribution < 1.29 is 23.5 Å². The van der Waals surface area contributed by atoms with E-state index in [1.807, 2.05) is 32.0 Å². The highest BCUT2D eigenvalue weighted by Crippen LogP contribution is 2.51. The maximum absolute atomic E-state index is 13.3. The Morgan fingerprint density at radius 1 is 1.14 bits per heavy atom. The third kappa shape index (κ3) is 5.95. The van der Waals surface area contributed by atoms with Crippen molar-refractivity contribution in [1.29, 1.82) is 0 Å². The number of aromatic nitrogens is 1. The van der Waals surface area contributed by atoms with E-state index in [1.165, 1.54) is 7.11 Å². The molecule has 0 radical (unpaired) electrons. The molecule has 0 aliphatic carbocycles. The average molecular weight is 422 g/mol. The Bertz CT molecular complexity index is 878. The number of hydrogen-bond acceptors (Lipinski definition) is 7. The number of hydrogen-bond donors (Lipinski definition) is 2. The van der Waals surface area contributed by atoms with Crippen LogP contribution in [-0.4, -0.2) is 36.6 Å². The summed E-state index contributed by atoms with van der Waals surface area (Å²) in [4.78, 5) is 4.50. The number of nitrogens with one attached hydrogen (secondary N) is 1. The monoisotopic (exact) mass is 422 g/mol. The van der Waals surface area contributed by atoms with Crippen LogP contribution in [0.5, 0.6) is 11.5 Å². The van der Waals surface area contributed by atoms with Crippen molar-refractivity contribution in [2.24, 2.45) is 0 Å². The summed E-state index contributed by atoms with van der Waals surface area (Å²) in [5, 5.41) is 13.6. The van der Waals surface area contributed by atoms with Crippen molar-refractivity contribution in [2.75, 3.05) is 31.8 Å². The van der Waals surface area contributed by atoms with Crippen LogP contribution in [0.2, 0.25) is 0 Å². The standard InChI is InChI=1S/C21H31N2O5P/c1-7-27-29(25,28-8-2)13-19(23-18-10-9-15(4)22-16(18)5)17-11-14(3)21(24)20(12-17)26-6/h9-12,19,23-24H,7-8,13H2,1-6H3. The highest BCUT2D eigenvalue weighted by molar-refractivity contribution is 7.53. The number of aryl methyl sites for hydroxylation is 3. The summed E-state index contributed by atoms with van der Waals surface area (Å²) in [5.41, 5.74) is 4.04. The summed E-state index contributed by atoms with van der Waals surface area (Å²) in [6.07, 6.45) is 0.120. The lowest BCUT2D eigenvalue weighted by molar-refractivity contribution is 0.219. The average Bonchev–Trinajstić information content (AvgIpc) is 2.65. The fourth-order valence-corrected chi connectivity index (χ4v) is 4.97. The van der Waals surface area contributed by atoms with Gasteiger partial charge in [0.15, 0.2) is 11.5 Å². The molecule has 1 unspecified atom stereocenters. The number of phenolic OH excluding ortho intramolecular Hbond substituents is 1. The van der Waals surface area contributed by atoms with Crippen LogP contribution in [0, 0.1) is 20.8 Å². The lowest BCUT2D eigenvalue weighted by Gasteiger charge is -2.26. The van der Waals surface area contributed by atoms with Gasteiger partial charge in [-0.25, -0.2) is 0 Å². The summed E-state index contributed by atoms with van der Waals surface area (Å²) in [5.74, 6) is 0.439. The minimum absolute atomic E-state index is 0.0842. The molecule has 29 heavy (non-hydrogen) atoms. The van der Waals surface area contributed by atoms with E-state index in [2.05, 4.69) is 10.3 Å². The number of phenols is 1. The molecule has 2 N–H and O–H groups in total. The van der Waals surface area contributed by atoms with Crippen molar-refractivity contribution in [3.05, 3.63) is 46.8 Å². The Morgan fingerprint density at radius 2 is 1.79 bits per heavy atom. The molecule has 0 saturated carbocycles. The predicted molar refractivity (Wildman–Crippen MR) is 115 cm³/mol. The maximum Gasteiger partial charge on any atom is 0.333 e. The zero-order valence-electron chi connectivity index (χ0n) is 18.0. The van der Waals surface area contributed by atoms with E-state index in [0.29, 0.717) is 11.3 Å². The van der Waals surface area contributed by atoms with Gasteiger partial charge in [-0.15, -0.1) is 0 Å². The lowest BCUT2D eigenvalue weighted by Crippen LogP contribution is -2.18. The molecular formula is C21H31N2O5P. The summed E-state index contributed by atoms with van der Waals surface area (Å²) in [7, 11) is -1.84. The number of rotatable bonds is 10. The molecule has 0 saturated heterocycles. The number of methoxy groups -OCH3 is 1. The normalized spacial score (nSPS) is 12.6. The second kappa shape index (κ2) is 10.1. The largest absolute Gasteiger partial charge is 0.504 e. The van der Waals surface area contributed by atoms with E-state index in [-0.39, 0.29) is 25.1 Å². The molecule has 1 heterocycles. The topological polar surface area (TPSA) is 89.9 Å². The van der Waals surface area contributed by atoms with Crippen LogP contribution < -0.4 is 10.1 Å². The minimum Gasteiger partial charge on any atom is -0.504 e. The fourth-order valence-electron chi connectivity index (χ4n) is 3.15. The van der Waals surface area contributed by atoms with Crippen molar-refractivity contribution in [3.63, 3.8) is 0 Å². The van der Waals surface area contributed by atoms with Gasteiger partial charge in [0.25, 0.3) is 0 Å². The van der Waals surface area contributed by atoms with E-state index >= 15 is 0 Å². The molecule has 0 amide bonds. The molecule has 1 atom stereocenters. The number of aromatic hydroxyl groups is 1. The van der Waals surface area contributed by atoms with Crippen molar-refractivity contribution in [1.82, 2.24) is 4.98 Å². The van der Waals surface area contributed by atoms with Gasteiger partial charge in [-0.3, -0.25) is 9.55 Å². The summed E-state index contributed by atoms with van der Waals surface area (Å²) in [6, 6.07) is 7.03. The molecule has 2 aromatic rings. The SMILES string of the molecule is CCOP(=O)(CC(Nc1ccc(C)nc1C)c1cc(C)c(O)c(OC)c1)OCC. The third-order valence-corrected chi connectivity index (χ3v) is 6.64. The highest BCUT2D eigenvalue weighted by Gasteiger charge is 2.30. The van der Waals surface area contributed by atoms with E-state index in [4.69, 9.17) is 13.8 Å². The van der Waals surface area contributed by atoms with Gasteiger partial charge in [-0.05, 0) is 63.9 Å². The van der Waals surface area contributed by atoms with Crippen LogP contribution in [0.15, 0.2) is 24.3 Å². The van der Waals surface area contributed by atoms with Gasteiger partial charge < -0.3 is 24.2 Å². The second-order valence-electron chi connectivity index (χ2n) is 6.80. The Kier molecular flexibility index (Phi) is 8.08. The van der Waals surface area contributed by atoms with E-state index in [1.54, 1.807) is 26.8 Å². The van der Waals surface area contributed by atoms with Crippen LogP contribution in [0.25, 0.3) is 0 Å². The first-order valence-corrected chi connectivity index (χ1v) is 11.4. The van der Waals surface area contributed by atoms with Crippen LogP contribution in [0.3, 0.4) is 0 Å². The molecule has 0 fully saturated rings. The van der Waals surface area contributed by atoms with Gasteiger partial charge in [0.2, 0.25) is 0 Å². The van der Waals surface area contributed by atoms with Gasteiger partial charge in [-0.2, -0.15) is 0 Å². The van der Waals surface area contributed by atoms with Gasteiger partial charge in [0.1, 0.15) is 0 Å². The van der Waals surface area contributed by atoms with Crippen LogP contribution >= 0.6 is 7.60 Å². The van der Waals surface area contributed by atoms with Gasteiger partial charge in [0, 0.05) is 5.69 Å². The Labute approximate surface area is 173 Å². The van der Waals surface area contributed by atoms with Gasteiger partial charge in [0.05, 0.1) is 43.9 Å². The number of anilines is 1. The van der Waals surface area contributed by atoms with Gasteiger partial charge in [-0.1, -0.05) is 6.07 Å². The molecular weight excluding hydrogens is 391 g/mol. The Morgan fingerprint density at radius 3 is 2.34 bits per heavy atom. The van der Waals surface area contributed by atoms with Crippen molar-refractivity contribution in [3.8, 4) is 11.5 Å². The van der Waals surface area contributed by atoms with Crippen molar-refractivity contribution >= 4 is 13.3 Å². The summed E-state index contributed by atoms with van der Waals surface area (Å²) in [6.45, 7) is 9.79. The molecule has 2 rings (SSSR count). The number of nitrogens with zero attached hydrogens (tertiary/aromatic N) is 1. The fraction of sp³-hybridized carbons (Fsp3) is 0.476. The molecule has 8 heteroatoms. The molecule has 0 bridgehead atoms. The van der Waals surface area contributed by atoms with Crippen LogP contribution in [0.1, 0.15) is 42.4 Å². The minimum atomic E-state index is -3.34. The molecule has 1 aromatic heterocycles. The van der Waals surface area contributed by atoms with E-state index in [0.717, 1.165) is 22.6 Å². The zero-order valence-corrected chi connectivity index (χ0v) is 18.9. The summed E-state index contributed by atoms with van der Waals surface area (Å²) >= 11 is 0. The van der Waals surface area contributed by atoms with Crippen LogP contribution in [-0.2, 0) is 13.6 Å². The summed E-state index contributed by atoms with van der Waals surface area (Å²) < 4.78 is 29.6. The molecule has 7 nitrogen and oxygen atoms in total.